The molecule has 0 saturated carbocycles. The number of phenolic OH excluding ortho intramolecular Hbond substituents is 1. The molecule has 2 aromatic carbocycles. The van der Waals surface area contributed by atoms with E-state index < -0.39 is 0 Å². The fraction of sp³-hybridized carbons (Fsp3) is 0.188. The third kappa shape index (κ3) is 4.00. The number of rotatable bonds is 5. The van der Waals surface area contributed by atoms with Crippen molar-refractivity contribution in [2.24, 2.45) is 4.99 Å². The minimum absolute atomic E-state index is 0.128. The number of benzene rings is 2. The molecule has 0 saturated heterocycles. The molecule has 1 N–H and O–H groups in total. The maximum absolute atomic E-state index is 9.50. The number of methoxy groups -OCH3 is 1. The topological polar surface area (TPSA) is 41.8 Å². The maximum atomic E-state index is 9.50. The minimum Gasteiger partial charge on any atom is -0.504 e. The van der Waals surface area contributed by atoms with Crippen LogP contribution in [0, 0.1) is 0 Å². The van der Waals surface area contributed by atoms with Gasteiger partial charge in [-0.1, -0.05) is 23.7 Å². The molecule has 3 nitrogen and oxygen atoms in total. The molecule has 0 radical (unpaired) electrons. The number of phenols is 1. The van der Waals surface area contributed by atoms with Gasteiger partial charge in [0.2, 0.25) is 0 Å². The first-order valence-corrected chi connectivity index (χ1v) is 6.68. The zero-order valence-electron chi connectivity index (χ0n) is 11.2. The van der Waals surface area contributed by atoms with Crippen molar-refractivity contribution in [2.45, 2.75) is 6.42 Å². The second-order valence-electron chi connectivity index (χ2n) is 4.35. The van der Waals surface area contributed by atoms with Crippen molar-refractivity contribution in [3.63, 3.8) is 0 Å². The number of halogens is 1. The summed E-state index contributed by atoms with van der Waals surface area (Å²) in [6, 6.07) is 12.9. The Morgan fingerprint density at radius 2 is 2.10 bits per heavy atom. The van der Waals surface area contributed by atoms with E-state index in [1.165, 1.54) is 7.11 Å². The Balaban J connectivity index is 1.93. The highest BCUT2D eigenvalue weighted by Crippen LogP contribution is 2.25. The van der Waals surface area contributed by atoms with Gasteiger partial charge in [-0.3, -0.25) is 4.99 Å². The number of ether oxygens (including phenoxy) is 1. The van der Waals surface area contributed by atoms with E-state index >= 15 is 0 Å². The van der Waals surface area contributed by atoms with Crippen LogP contribution in [0.5, 0.6) is 11.5 Å². The zero-order valence-corrected chi connectivity index (χ0v) is 12.0. The van der Waals surface area contributed by atoms with Gasteiger partial charge in [0.15, 0.2) is 11.5 Å². The van der Waals surface area contributed by atoms with E-state index in [0.29, 0.717) is 12.3 Å². The van der Waals surface area contributed by atoms with Crippen LogP contribution in [0.1, 0.15) is 11.1 Å². The molecular formula is C16H16ClNO2. The minimum atomic E-state index is 0.128. The number of hydrogen-bond acceptors (Lipinski definition) is 3. The van der Waals surface area contributed by atoms with Gasteiger partial charge in [0.1, 0.15) is 0 Å². The predicted molar refractivity (Wildman–Crippen MR) is 82.3 cm³/mol. The van der Waals surface area contributed by atoms with Crippen molar-refractivity contribution >= 4 is 17.8 Å². The highest BCUT2D eigenvalue weighted by atomic mass is 35.5. The molecule has 0 unspecified atom stereocenters. The Hall–Kier alpha value is -2.00. The van der Waals surface area contributed by atoms with Crippen molar-refractivity contribution in [1.82, 2.24) is 0 Å². The van der Waals surface area contributed by atoms with E-state index in [0.717, 1.165) is 22.6 Å². The third-order valence-electron chi connectivity index (χ3n) is 2.86. The summed E-state index contributed by atoms with van der Waals surface area (Å²) in [4.78, 5) is 4.37. The number of hydrogen-bond donors (Lipinski definition) is 1. The first-order chi connectivity index (χ1) is 9.69. The van der Waals surface area contributed by atoms with Crippen molar-refractivity contribution in [3.05, 3.63) is 58.6 Å². The van der Waals surface area contributed by atoms with Gasteiger partial charge >= 0.3 is 0 Å². The highest BCUT2D eigenvalue weighted by molar-refractivity contribution is 6.30. The summed E-state index contributed by atoms with van der Waals surface area (Å²) in [5.74, 6) is 0.576. The summed E-state index contributed by atoms with van der Waals surface area (Å²) in [6.07, 6.45) is 2.61. The second-order valence-corrected chi connectivity index (χ2v) is 4.78. The lowest BCUT2D eigenvalue weighted by Crippen LogP contribution is -1.91. The molecular weight excluding hydrogens is 274 g/mol. The van der Waals surface area contributed by atoms with E-state index in [2.05, 4.69) is 4.99 Å². The van der Waals surface area contributed by atoms with Gasteiger partial charge in [0, 0.05) is 17.8 Å². The number of aromatic hydroxyl groups is 1. The Kier molecular flexibility index (Phi) is 5.02. The number of aliphatic imine (C=N–C) groups is 1. The number of nitrogens with zero attached hydrogens (tertiary/aromatic N) is 1. The molecule has 0 aliphatic rings. The Morgan fingerprint density at radius 3 is 2.85 bits per heavy atom. The van der Waals surface area contributed by atoms with Gasteiger partial charge in [-0.25, -0.2) is 0 Å². The zero-order chi connectivity index (χ0) is 14.4. The van der Waals surface area contributed by atoms with Crippen LogP contribution in [-0.2, 0) is 6.42 Å². The van der Waals surface area contributed by atoms with Gasteiger partial charge in [-0.15, -0.1) is 0 Å². The lowest BCUT2D eigenvalue weighted by Gasteiger charge is -2.03. The molecule has 0 heterocycles. The summed E-state index contributed by atoms with van der Waals surface area (Å²) in [5, 5.41) is 10.2. The van der Waals surface area contributed by atoms with Crippen LogP contribution in [0.25, 0.3) is 0 Å². The Morgan fingerprint density at radius 1 is 1.25 bits per heavy atom. The first-order valence-electron chi connectivity index (χ1n) is 6.30. The first kappa shape index (κ1) is 14.4. The fourth-order valence-electron chi connectivity index (χ4n) is 1.83. The fourth-order valence-corrected chi connectivity index (χ4v) is 2.04. The molecule has 4 heteroatoms. The smallest absolute Gasteiger partial charge is 0.161 e. The largest absolute Gasteiger partial charge is 0.504 e. The molecule has 0 fully saturated rings. The monoisotopic (exact) mass is 289 g/mol. The van der Waals surface area contributed by atoms with Crippen LogP contribution in [0.2, 0.25) is 5.02 Å². The van der Waals surface area contributed by atoms with Gasteiger partial charge in [-0.05, 0) is 47.9 Å². The molecule has 0 atom stereocenters. The molecule has 0 aliphatic heterocycles. The normalized spacial score (nSPS) is 10.9. The SMILES string of the molecule is COc1cc(C=NCCc2cccc(Cl)c2)ccc1O. The maximum Gasteiger partial charge on any atom is 0.161 e. The standard InChI is InChI=1S/C16H16ClNO2/c1-20-16-10-13(5-6-15(16)19)11-18-8-7-12-3-2-4-14(17)9-12/h2-6,9-11,19H,7-8H2,1H3. The van der Waals surface area contributed by atoms with Crippen LogP contribution in [0.15, 0.2) is 47.5 Å². The van der Waals surface area contributed by atoms with E-state index in [-0.39, 0.29) is 5.75 Å². The lowest BCUT2D eigenvalue weighted by molar-refractivity contribution is 0.373. The summed E-state index contributed by atoms with van der Waals surface area (Å²) < 4.78 is 5.05. The van der Waals surface area contributed by atoms with Gasteiger partial charge in [0.05, 0.1) is 7.11 Å². The van der Waals surface area contributed by atoms with Crippen molar-refractivity contribution < 1.29 is 9.84 Å². The third-order valence-corrected chi connectivity index (χ3v) is 3.10. The van der Waals surface area contributed by atoms with E-state index in [1.807, 2.05) is 24.3 Å². The lowest BCUT2D eigenvalue weighted by atomic mass is 10.1. The summed E-state index contributed by atoms with van der Waals surface area (Å²) in [7, 11) is 1.52. The van der Waals surface area contributed by atoms with Crippen molar-refractivity contribution in [3.8, 4) is 11.5 Å². The molecule has 0 aromatic heterocycles. The second kappa shape index (κ2) is 6.96. The molecule has 2 rings (SSSR count). The van der Waals surface area contributed by atoms with E-state index in [9.17, 15) is 5.11 Å². The van der Waals surface area contributed by atoms with Crippen molar-refractivity contribution in [2.75, 3.05) is 13.7 Å². The van der Waals surface area contributed by atoms with Crippen LogP contribution < -0.4 is 4.74 Å². The molecule has 0 amide bonds. The van der Waals surface area contributed by atoms with E-state index in [4.69, 9.17) is 16.3 Å². The molecule has 0 aliphatic carbocycles. The van der Waals surface area contributed by atoms with Crippen molar-refractivity contribution in [1.29, 1.82) is 0 Å². The molecule has 0 spiro atoms. The van der Waals surface area contributed by atoms with Gasteiger partial charge < -0.3 is 9.84 Å². The van der Waals surface area contributed by atoms with Crippen LogP contribution in [0.4, 0.5) is 0 Å². The molecule has 20 heavy (non-hydrogen) atoms. The average Bonchev–Trinajstić information content (AvgIpc) is 2.45. The molecule has 104 valence electrons. The average molecular weight is 290 g/mol. The summed E-state index contributed by atoms with van der Waals surface area (Å²) in [5.41, 5.74) is 2.06. The Labute approximate surface area is 123 Å². The van der Waals surface area contributed by atoms with Gasteiger partial charge in [-0.2, -0.15) is 0 Å². The highest BCUT2D eigenvalue weighted by Gasteiger charge is 2.00. The summed E-state index contributed by atoms with van der Waals surface area (Å²) in [6.45, 7) is 0.684. The predicted octanol–water partition coefficient (Wildman–Crippen LogP) is 3.72. The van der Waals surface area contributed by atoms with Crippen LogP contribution in [-0.4, -0.2) is 25.0 Å². The van der Waals surface area contributed by atoms with Crippen LogP contribution >= 0.6 is 11.6 Å². The Bertz CT molecular complexity index is 611. The quantitative estimate of drug-likeness (QED) is 0.853. The molecule has 0 bridgehead atoms. The summed E-state index contributed by atoms with van der Waals surface area (Å²) >= 11 is 5.93. The molecule has 2 aromatic rings. The van der Waals surface area contributed by atoms with Crippen LogP contribution in [0.3, 0.4) is 0 Å². The van der Waals surface area contributed by atoms with E-state index in [1.54, 1.807) is 24.4 Å². The van der Waals surface area contributed by atoms with Gasteiger partial charge in [0.25, 0.3) is 0 Å².